The monoisotopic (exact) mass is 567 g/mol. The van der Waals surface area contributed by atoms with E-state index in [0.717, 1.165) is 38.5 Å². The van der Waals surface area contributed by atoms with Gasteiger partial charge in [0.15, 0.2) is 0 Å². The fourth-order valence-electron chi connectivity index (χ4n) is 2.70. The quantitative estimate of drug-likeness (QED) is 0.167. The largest absolute Gasteiger partial charge is 0.390 e. The summed E-state index contributed by atoms with van der Waals surface area (Å²) in [5.74, 6) is 0. The number of hydrogen-bond donors (Lipinski definition) is 6. The topological polar surface area (TPSA) is 121 Å². The van der Waals surface area contributed by atoms with Gasteiger partial charge in [0.1, 0.15) is 0 Å². The summed E-state index contributed by atoms with van der Waals surface area (Å²) in [6, 6.07) is 0. The second-order valence-electron chi connectivity index (χ2n) is 8.67. The molecule has 6 heteroatoms. The van der Waals surface area contributed by atoms with Crippen LogP contribution in [0.4, 0.5) is 0 Å². The van der Waals surface area contributed by atoms with Crippen LogP contribution in [-0.2, 0) is 0 Å². The summed E-state index contributed by atoms with van der Waals surface area (Å²) >= 11 is 0. The van der Waals surface area contributed by atoms with Gasteiger partial charge < -0.3 is 30.6 Å². The molecule has 1 fully saturated rings. The molecule has 39 heavy (non-hydrogen) atoms. The fraction of sp³-hybridized carbons (Fsp3) is 0.879. The summed E-state index contributed by atoms with van der Waals surface area (Å²) in [6.07, 6.45) is 14.5. The van der Waals surface area contributed by atoms with Gasteiger partial charge in [-0.1, -0.05) is 139 Å². The van der Waals surface area contributed by atoms with E-state index in [1.54, 1.807) is 12.2 Å². The number of hydrogen-bond acceptors (Lipinski definition) is 6. The molecular formula is C33H74O6. The van der Waals surface area contributed by atoms with Crippen LogP contribution in [0.25, 0.3) is 0 Å². The number of aliphatic hydroxyl groups excluding tert-OH is 6. The van der Waals surface area contributed by atoms with Crippen LogP contribution >= 0.6 is 0 Å². The normalized spacial score (nSPS) is 25.5. The van der Waals surface area contributed by atoms with E-state index in [0.29, 0.717) is 12.8 Å². The molecule has 242 valence electrons. The minimum atomic E-state index is -0.622. The Kier molecular flexibility index (Phi) is 61.6. The summed E-state index contributed by atoms with van der Waals surface area (Å²) in [5, 5.41) is 53.3. The Bertz CT molecular complexity index is 388. The number of aliphatic hydroxyl groups is 6. The van der Waals surface area contributed by atoms with Crippen LogP contribution in [0.3, 0.4) is 0 Å². The van der Waals surface area contributed by atoms with E-state index in [2.05, 4.69) is 41.5 Å². The van der Waals surface area contributed by atoms with E-state index in [9.17, 15) is 0 Å². The van der Waals surface area contributed by atoms with Gasteiger partial charge in [0.05, 0.1) is 36.6 Å². The average Bonchev–Trinajstić information content (AvgIpc) is 2.95. The highest BCUT2D eigenvalue weighted by atomic mass is 16.3. The lowest BCUT2D eigenvalue weighted by atomic mass is 9.95. The smallest absolute Gasteiger partial charge is 0.0980 e. The van der Waals surface area contributed by atoms with Gasteiger partial charge in [-0.2, -0.15) is 0 Å². The van der Waals surface area contributed by atoms with E-state index in [1.807, 2.05) is 53.7 Å². The molecule has 6 N–H and O–H groups in total. The third-order valence-corrected chi connectivity index (χ3v) is 4.41. The summed E-state index contributed by atoms with van der Waals surface area (Å²) in [5.41, 5.74) is 0. The Morgan fingerprint density at radius 3 is 0.795 bits per heavy atom. The lowest BCUT2D eigenvalue weighted by Crippen LogP contribution is -2.28. The minimum absolute atomic E-state index is 0.441. The molecule has 0 saturated heterocycles. The Balaban J connectivity index is -0.0000000843. The van der Waals surface area contributed by atoms with Crippen LogP contribution < -0.4 is 0 Å². The third kappa shape index (κ3) is 44.5. The van der Waals surface area contributed by atoms with Gasteiger partial charge in [0.2, 0.25) is 0 Å². The fourth-order valence-corrected chi connectivity index (χ4v) is 2.70. The van der Waals surface area contributed by atoms with Crippen molar-refractivity contribution in [2.45, 2.75) is 190 Å². The van der Waals surface area contributed by atoms with E-state index >= 15 is 0 Å². The van der Waals surface area contributed by atoms with Crippen molar-refractivity contribution in [3.63, 3.8) is 0 Å². The van der Waals surface area contributed by atoms with Gasteiger partial charge in [-0.25, -0.2) is 0 Å². The van der Waals surface area contributed by atoms with Crippen molar-refractivity contribution in [2.75, 3.05) is 0 Å². The van der Waals surface area contributed by atoms with Crippen LogP contribution in [-0.4, -0.2) is 67.3 Å². The van der Waals surface area contributed by atoms with Crippen molar-refractivity contribution in [1.82, 2.24) is 0 Å². The highest BCUT2D eigenvalue weighted by Gasteiger charge is 2.19. The molecule has 0 heterocycles. The van der Waals surface area contributed by atoms with Crippen molar-refractivity contribution in [3.05, 3.63) is 24.3 Å². The molecule has 3 aliphatic carbocycles. The zero-order valence-corrected chi connectivity index (χ0v) is 28.2. The van der Waals surface area contributed by atoms with Crippen molar-refractivity contribution in [1.29, 1.82) is 0 Å². The molecule has 0 aromatic heterocycles. The zero-order chi connectivity index (χ0) is 32.1. The molecule has 0 aliphatic heterocycles. The zero-order valence-electron chi connectivity index (χ0n) is 28.2. The van der Waals surface area contributed by atoms with Crippen molar-refractivity contribution >= 4 is 0 Å². The molecule has 0 aromatic rings. The van der Waals surface area contributed by atoms with Gasteiger partial charge in [-0.05, 0) is 38.5 Å². The molecule has 6 atom stereocenters. The third-order valence-electron chi connectivity index (χ3n) is 4.41. The number of allylic oxidation sites excluding steroid dienone is 2. The van der Waals surface area contributed by atoms with Crippen molar-refractivity contribution in [2.24, 2.45) is 0 Å². The lowest BCUT2D eigenvalue weighted by Gasteiger charge is -2.22. The average molecular weight is 567 g/mol. The first-order valence-electron chi connectivity index (χ1n) is 16.1. The molecule has 1 saturated carbocycles. The van der Waals surface area contributed by atoms with E-state index in [-0.39, 0.29) is 0 Å². The maximum atomic E-state index is 8.93. The van der Waals surface area contributed by atoms with E-state index in [4.69, 9.17) is 30.6 Å². The Morgan fingerprint density at radius 2 is 0.667 bits per heavy atom. The molecular weight excluding hydrogens is 492 g/mol. The molecule has 0 spiro atoms. The Morgan fingerprint density at radius 1 is 0.436 bits per heavy atom. The van der Waals surface area contributed by atoms with Gasteiger partial charge >= 0.3 is 0 Å². The SMILES string of the molecule is CC.CC.CC.CCC.CCC.CCC.O[C@@H]1C=CCC[C@@H]1O.O[C@@H]1CCC=C[C@@H]1O.O[C@@H]1CCCC[C@@H]1O. The van der Waals surface area contributed by atoms with Crippen LogP contribution in [0.5, 0.6) is 0 Å². The summed E-state index contributed by atoms with van der Waals surface area (Å²) in [4.78, 5) is 0. The molecule has 0 amide bonds. The lowest BCUT2D eigenvalue weighted by molar-refractivity contribution is -0.00865. The molecule has 0 radical (unpaired) electrons. The standard InChI is InChI=1S/C6H12O2.2C6H10O2.3C3H8.3C2H6/c3*7-5-3-1-2-4-6(5)8;3*1-3-2;3*1-2/h5-8H,1-4H2;2*1,3,5-8H,2,4H2;3*3H2,1-2H3;3*1-2H3/t3*5-,6+;;;;;;/m.10....../s1. The highest BCUT2D eigenvalue weighted by Crippen LogP contribution is 2.17. The summed E-state index contributed by atoms with van der Waals surface area (Å²) in [7, 11) is 0. The van der Waals surface area contributed by atoms with Crippen LogP contribution in [0.1, 0.15) is 154 Å². The number of rotatable bonds is 0. The predicted molar refractivity (Wildman–Crippen MR) is 173 cm³/mol. The molecule has 6 nitrogen and oxygen atoms in total. The van der Waals surface area contributed by atoms with Crippen LogP contribution in [0.15, 0.2) is 24.3 Å². The van der Waals surface area contributed by atoms with Crippen LogP contribution in [0, 0.1) is 0 Å². The van der Waals surface area contributed by atoms with Gasteiger partial charge in [0.25, 0.3) is 0 Å². The maximum absolute atomic E-state index is 8.93. The Hall–Kier alpha value is -0.760. The predicted octanol–water partition coefficient (Wildman–Crippen LogP) is 7.73. The van der Waals surface area contributed by atoms with E-state index in [1.165, 1.54) is 19.3 Å². The molecule has 0 unspecified atom stereocenters. The second-order valence-corrected chi connectivity index (χ2v) is 8.67. The molecule has 3 aliphatic rings. The summed E-state index contributed by atoms with van der Waals surface area (Å²) < 4.78 is 0. The molecule has 3 rings (SSSR count). The first-order chi connectivity index (χ1) is 18.7. The first kappa shape index (κ1) is 51.0. The van der Waals surface area contributed by atoms with Gasteiger partial charge in [-0.3, -0.25) is 0 Å². The Labute approximate surface area is 245 Å². The summed E-state index contributed by atoms with van der Waals surface area (Å²) in [6.45, 7) is 24.8. The molecule has 0 bridgehead atoms. The van der Waals surface area contributed by atoms with Crippen molar-refractivity contribution in [3.8, 4) is 0 Å². The van der Waals surface area contributed by atoms with E-state index < -0.39 is 36.6 Å². The van der Waals surface area contributed by atoms with Crippen molar-refractivity contribution < 1.29 is 30.6 Å². The minimum Gasteiger partial charge on any atom is -0.390 e. The highest BCUT2D eigenvalue weighted by molar-refractivity contribution is 4.98. The maximum Gasteiger partial charge on any atom is 0.0980 e. The van der Waals surface area contributed by atoms with Gasteiger partial charge in [-0.15, -0.1) is 0 Å². The second kappa shape index (κ2) is 47.1. The van der Waals surface area contributed by atoms with Gasteiger partial charge in [0, 0.05) is 0 Å². The molecule has 0 aromatic carbocycles. The first-order valence-corrected chi connectivity index (χ1v) is 16.1. The van der Waals surface area contributed by atoms with Crippen LogP contribution in [0.2, 0.25) is 0 Å².